The Morgan fingerprint density at radius 2 is 1.94 bits per heavy atom. The zero-order valence-corrected chi connectivity index (χ0v) is 11.7. The van der Waals surface area contributed by atoms with E-state index in [1.54, 1.807) is 0 Å². The molecule has 3 rings (SSSR count). The molecule has 1 aliphatic carbocycles. The fraction of sp³-hybridized carbons (Fsp3) is 1.00. The summed E-state index contributed by atoms with van der Waals surface area (Å²) in [5, 5.41) is 10.1. The van der Waals surface area contributed by atoms with Crippen molar-refractivity contribution in [2.24, 2.45) is 0 Å². The molecular weight excluding hydrogens is 226 g/mol. The average molecular weight is 253 g/mol. The van der Waals surface area contributed by atoms with Crippen LogP contribution in [0.2, 0.25) is 0 Å². The molecule has 0 aromatic heterocycles. The van der Waals surface area contributed by atoms with Gasteiger partial charge in [-0.3, -0.25) is 4.90 Å². The number of piperidine rings is 1. The molecule has 104 valence electrons. The molecule has 1 N–H and O–H groups in total. The Hall–Kier alpha value is -0.120. The van der Waals surface area contributed by atoms with Crippen molar-refractivity contribution in [3.8, 4) is 0 Å². The highest BCUT2D eigenvalue weighted by Crippen LogP contribution is 2.43. The number of β-amino-alcohol motifs (C(OH)–C–C–N with tert-alkyl or cyclic N) is 1. The second-order valence-electron chi connectivity index (χ2n) is 7.00. The largest absolute Gasteiger partial charge is 0.389 e. The molecule has 1 saturated carbocycles. The first-order chi connectivity index (χ1) is 8.57. The van der Waals surface area contributed by atoms with Crippen LogP contribution in [-0.2, 0) is 4.74 Å². The van der Waals surface area contributed by atoms with Crippen molar-refractivity contribution in [1.82, 2.24) is 4.90 Å². The van der Waals surface area contributed by atoms with Crippen LogP contribution in [0.4, 0.5) is 0 Å². The second kappa shape index (κ2) is 4.77. The topological polar surface area (TPSA) is 32.7 Å². The third-order valence-corrected chi connectivity index (χ3v) is 5.07. The van der Waals surface area contributed by atoms with Crippen LogP contribution >= 0.6 is 0 Å². The third-order valence-electron chi connectivity index (χ3n) is 5.07. The van der Waals surface area contributed by atoms with Crippen molar-refractivity contribution in [3.63, 3.8) is 0 Å². The Kier molecular flexibility index (Phi) is 3.41. The van der Waals surface area contributed by atoms with E-state index in [-0.39, 0.29) is 5.60 Å². The number of hydrogen-bond acceptors (Lipinski definition) is 3. The lowest BCUT2D eigenvalue weighted by Crippen LogP contribution is -2.48. The van der Waals surface area contributed by atoms with E-state index < -0.39 is 5.60 Å². The van der Waals surface area contributed by atoms with Crippen molar-refractivity contribution in [3.05, 3.63) is 0 Å². The Morgan fingerprint density at radius 3 is 2.67 bits per heavy atom. The summed E-state index contributed by atoms with van der Waals surface area (Å²) in [5.74, 6) is 0. The number of rotatable bonds is 2. The maximum absolute atomic E-state index is 10.1. The van der Waals surface area contributed by atoms with Gasteiger partial charge in [0.15, 0.2) is 0 Å². The molecule has 1 spiro atoms. The zero-order chi connectivity index (χ0) is 12.6. The molecule has 0 bridgehead atoms. The van der Waals surface area contributed by atoms with E-state index in [9.17, 15) is 5.11 Å². The van der Waals surface area contributed by atoms with Crippen LogP contribution in [0, 0.1) is 0 Å². The maximum Gasteiger partial charge on any atom is 0.0746 e. The van der Waals surface area contributed by atoms with Crippen molar-refractivity contribution in [2.75, 3.05) is 19.6 Å². The van der Waals surface area contributed by atoms with Gasteiger partial charge in [-0.05, 0) is 52.0 Å². The van der Waals surface area contributed by atoms with Crippen LogP contribution in [-0.4, -0.2) is 46.9 Å². The number of nitrogens with zero attached hydrogens (tertiary/aromatic N) is 1. The van der Waals surface area contributed by atoms with Crippen LogP contribution < -0.4 is 0 Å². The van der Waals surface area contributed by atoms with Crippen molar-refractivity contribution in [2.45, 2.75) is 75.6 Å². The van der Waals surface area contributed by atoms with Crippen LogP contribution in [0.1, 0.15) is 58.3 Å². The first-order valence-corrected chi connectivity index (χ1v) is 7.70. The summed E-state index contributed by atoms with van der Waals surface area (Å²) in [5.41, 5.74) is -0.231. The molecule has 0 radical (unpaired) electrons. The minimum atomic E-state index is -0.484. The quantitative estimate of drug-likeness (QED) is 0.820. The second-order valence-corrected chi connectivity index (χ2v) is 7.00. The summed E-state index contributed by atoms with van der Waals surface area (Å²) in [6, 6.07) is 0. The fourth-order valence-corrected chi connectivity index (χ4v) is 4.18. The molecular formula is C15H27NO2. The van der Waals surface area contributed by atoms with Gasteiger partial charge in [0, 0.05) is 13.1 Å². The van der Waals surface area contributed by atoms with Crippen LogP contribution in [0.3, 0.4) is 0 Å². The van der Waals surface area contributed by atoms with Gasteiger partial charge in [0.25, 0.3) is 0 Å². The van der Waals surface area contributed by atoms with Gasteiger partial charge in [-0.2, -0.15) is 0 Å². The van der Waals surface area contributed by atoms with Crippen LogP contribution in [0.25, 0.3) is 0 Å². The van der Waals surface area contributed by atoms with E-state index in [0.717, 1.165) is 32.5 Å². The van der Waals surface area contributed by atoms with Crippen molar-refractivity contribution < 1.29 is 9.84 Å². The SMILES string of the molecule is CC1(O)CCCN(CC2CCC3(CCCC3)O2)C1. The lowest BCUT2D eigenvalue weighted by atomic mass is 9.94. The first kappa shape index (κ1) is 12.9. The Bertz CT molecular complexity index is 297. The van der Waals surface area contributed by atoms with Crippen LogP contribution in [0.5, 0.6) is 0 Å². The van der Waals surface area contributed by atoms with E-state index in [1.807, 2.05) is 6.92 Å². The molecule has 3 aliphatic rings. The number of aliphatic hydroxyl groups is 1. The van der Waals surface area contributed by atoms with Gasteiger partial charge in [0.1, 0.15) is 0 Å². The van der Waals surface area contributed by atoms with E-state index in [1.165, 1.54) is 38.5 Å². The zero-order valence-electron chi connectivity index (χ0n) is 11.7. The molecule has 3 nitrogen and oxygen atoms in total. The summed E-state index contributed by atoms with van der Waals surface area (Å²) in [6.45, 7) is 4.94. The molecule has 3 heteroatoms. The van der Waals surface area contributed by atoms with Crippen molar-refractivity contribution >= 4 is 0 Å². The van der Waals surface area contributed by atoms with Gasteiger partial charge in [-0.15, -0.1) is 0 Å². The molecule has 3 fully saturated rings. The number of ether oxygens (including phenoxy) is 1. The van der Waals surface area contributed by atoms with Crippen LogP contribution in [0.15, 0.2) is 0 Å². The summed E-state index contributed by atoms with van der Waals surface area (Å²) in [4.78, 5) is 2.40. The molecule has 2 unspecified atom stereocenters. The molecule has 18 heavy (non-hydrogen) atoms. The summed E-state index contributed by atoms with van der Waals surface area (Å²) in [6.07, 6.45) is 10.2. The highest BCUT2D eigenvalue weighted by Gasteiger charge is 2.43. The summed E-state index contributed by atoms with van der Waals surface area (Å²) in [7, 11) is 0. The monoisotopic (exact) mass is 253 g/mol. The smallest absolute Gasteiger partial charge is 0.0746 e. The molecule has 2 saturated heterocycles. The van der Waals surface area contributed by atoms with E-state index >= 15 is 0 Å². The maximum atomic E-state index is 10.1. The van der Waals surface area contributed by atoms with E-state index in [0.29, 0.717) is 6.10 Å². The molecule has 2 atom stereocenters. The van der Waals surface area contributed by atoms with Gasteiger partial charge < -0.3 is 9.84 Å². The summed E-state index contributed by atoms with van der Waals surface area (Å²) >= 11 is 0. The van der Waals surface area contributed by atoms with Gasteiger partial charge in [-0.1, -0.05) is 12.8 Å². The van der Waals surface area contributed by atoms with Gasteiger partial charge in [-0.25, -0.2) is 0 Å². The highest BCUT2D eigenvalue weighted by atomic mass is 16.5. The first-order valence-electron chi connectivity index (χ1n) is 7.70. The van der Waals surface area contributed by atoms with E-state index in [4.69, 9.17) is 4.74 Å². The average Bonchev–Trinajstić information content (AvgIpc) is 2.89. The molecule has 0 aromatic rings. The summed E-state index contributed by atoms with van der Waals surface area (Å²) < 4.78 is 6.36. The van der Waals surface area contributed by atoms with Crippen molar-refractivity contribution in [1.29, 1.82) is 0 Å². The molecule has 0 amide bonds. The standard InChI is InChI=1S/C15H27NO2/c1-14(17)6-4-10-16(12-14)11-13-5-9-15(18-13)7-2-3-8-15/h13,17H,2-12H2,1H3. The Balaban J connectivity index is 1.52. The molecule has 2 heterocycles. The van der Waals surface area contributed by atoms with E-state index in [2.05, 4.69) is 4.90 Å². The number of hydrogen-bond donors (Lipinski definition) is 1. The third kappa shape index (κ3) is 2.73. The highest BCUT2D eigenvalue weighted by molar-refractivity contribution is 4.94. The fourth-order valence-electron chi connectivity index (χ4n) is 4.18. The Morgan fingerprint density at radius 1 is 1.17 bits per heavy atom. The molecule has 2 aliphatic heterocycles. The minimum Gasteiger partial charge on any atom is -0.389 e. The van der Waals surface area contributed by atoms with Gasteiger partial charge in [0.2, 0.25) is 0 Å². The normalized spacial score (nSPS) is 40.7. The van der Waals surface area contributed by atoms with Gasteiger partial charge >= 0.3 is 0 Å². The molecule has 0 aromatic carbocycles. The van der Waals surface area contributed by atoms with Gasteiger partial charge in [0.05, 0.1) is 17.3 Å². The number of likely N-dealkylation sites (tertiary alicyclic amines) is 1. The predicted molar refractivity (Wildman–Crippen MR) is 71.6 cm³/mol. The predicted octanol–water partition coefficient (Wildman–Crippen LogP) is 2.33. The lowest BCUT2D eigenvalue weighted by Gasteiger charge is -2.38. The Labute approximate surface area is 110 Å². The minimum absolute atomic E-state index is 0.253. The lowest BCUT2D eigenvalue weighted by molar-refractivity contribution is -0.0671.